The van der Waals surface area contributed by atoms with Crippen LogP contribution in [0.3, 0.4) is 0 Å². The number of pyridine rings is 1. The lowest BCUT2D eigenvalue weighted by atomic mass is 10.1. The van der Waals surface area contributed by atoms with E-state index in [1.165, 1.54) is 0 Å². The molecule has 0 atom stereocenters. The number of esters is 1. The summed E-state index contributed by atoms with van der Waals surface area (Å²) >= 11 is 3.57. The number of hydrogen-bond acceptors (Lipinski definition) is 3. The number of fused-ring (bicyclic) bond motifs is 1. The Labute approximate surface area is 149 Å². The van der Waals surface area contributed by atoms with E-state index in [0.717, 1.165) is 38.2 Å². The Morgan fingerprint density at radius 2 is 2.04 bits per heavy atom. The van der Waals surface area contributed by atoms with Gasteiger partial charge in [-0.2, -0.15) is 0 Å². The highest BCUT2D eigenvalue weighted by Gasteiger charge is 2.18. The lowest BCUT2D eigenvalue weighted by Crippen LogP contribution is -2.10. The van der Waals surface area contributed by atoms with E-state index in [2.05, 4.69) is 15.9 Å². The van der Waals surface area contributed by atoms with Crippen molar-refractivity contribution in [1.82, 2.24) is 9.38 Å². The molecular weight excluding hydrogens is 368 g/mol. The predicted molar refractivity (Wildman–Crippen MR) is 98.1 cm³/mol. The summed E-state index contributed by atoms with van der Waals surface area (Å²) in [4.78, 5) is 16.8. The van der Waals surface area contributed by atoms with Crippen LogP contribution in [0.4, 0.5) is 0 Å². The number of aromatic nitrogens is 2. The second-order valence-corrected chi connectivity index (χ2v) is 6.64. The van der Waals surface area contributed by atoms with Crippen molar-refractivity contribution in [2.45, 2.75) is 27.2 Å². The summed E-state index contributed by atoms with van der Waals surface area (Å²) in [6, 6.07) is 10.1. The van der Waals surface area contributed by atoms with Crippen molar-refractivity contribution in [3.05, 3.63) is 57.8 Å². The molecule has 0 saturated heterocycles. The molecule has 1 aromatic carbocycles. The third-order valence-electron chi connectivity index (χ3n) is 3.93. The Balaban J connectivity index is 2.18. The fourth-order valence-corrected chi connectivity index (χ4v) is 3.07. The molecule has 5 heteroatoms. The summed E-state index contributed by atoms with van der Waals surface area (Å²) < 4.78 is 8.14. The second-order valence-electron chi connectivity index (χ2n) is 5.79. The van der Waals surface area contributed by atoms with Gasteiger partial charge < -0.3 is 9.14 Å². The Kier molecular flexibility index (Phi) is 4.71. The van der Waals surface area contributed by atoms with Gasteiger partial charge in [0.05, 0.1) is 24.4 Å². The van der Waals surface area contributed by atoms with Crippen molar-refractivity contribution in [2.75, 3.05) is 6.61 Å². The highest BCUT2D eigenvalue weighted by molar-refractivity contribution is 9.10. The predicted octanol–water partition coefficient (Wildman–Crippen LogP) is 4.49. The molecule has 124 valence electrons. The average molecular weight is 387 g/mol. The second kappa shape index (κ2) is 6.77. The topological polar surface area (TPSA) is 43.6 Å². The molecule has 0 spiro atoms. The van der Waals surface area contributed by atoms with Crippen LogP contribution in [0.5, 0.6) is 0 Å². The monoisotopic (exact) mass is 386 g/mol. The van der Waals surface area contributed by atoms with Gasteiger partial charge in [-0.1, -0.05) is 34.1 Å². The standard InChI is InChI=1S/C19H19BrN2O2/c1-4-24-18(23)10-16-19(14-7-6-13(3)15(20)9-14)21-17-8-5-12(2)11-22(16)17/h5-9,11H,4,10H2,1-3H3. The summed E-state index contributed by atoms with van der Waals surface area (Å²) in [6.45, 7) is 6.25. The fraction of sp³-hybridized carbons (Fsp3) is 0.263. The fourth-order valence-electron chi connectivity index (χ4n) is 2.69. The van der Waals surface area contributed by atoms with Crippen molar-refractivity contribution < 1.29 is 9.53 Å². The first-order valence-corrected chi connectivity index (χ1v) is 8.68. The lowest BCUT2D eigenvalue weighted by Gasteiger charge is -2.07. The van der Waals surface area contributed by atoms with Gasteiger partial charge in [0.25, 0.3) is 0 Å². The van der Waals surface area contributed by atoms with Crippen molar-refractivity contribution in [3.63, 3.8) is 0 Å². The smallest absolute Gasteiger partial charge is 0.311 e. The van der Waals surface area contributed by atoms with E-state index in [4.69, 9.17) is 9.72 Å². The first-order chi connectivity index (χ1) is 11.5. The van der Waals surface area contributed by atoms with Gasteiger partial charge in [0, 0.05) is 16.2 Å². The molecule has 0 aliphatic rings. The minimum atomic E-state index is -0.242. The van der Waals surface area contributed by atoms with Crippen LogP contribution in [0, 0.1) is 13.8 Å². The molecule has 0 fully saturated rings. The molecule has 2 aromatic heterocycles. The van der Waals surface area contributed by atoms with E-state index in [9.17, 15) is 4.79 Å². The van der Waals surface area contributed by atoms with Crippen LogP contribution < -0.4 is 0 Å². The zero-order valence-corrected chi connectivity index (χ0v) is 15.6. The molecule has 4 nitrogen and oxygen atoms in total. The zero-order chi connectivity index (χ0) is 17.3. The van der Waals surface area contributed by atoms with Gasteiger partial charge in [0.2, 0.25) is 0 Å². The summed E-state index contributed by atoms with van der Waals surface area (Å²) in [5.74, 6) is -0.242. The van der Waals surface area contributed by atoms with Crippen LogP contribution in [0.1, 0.15) is 23.7 Å². The number of carbonyl (C=O) groups is 1. The van der Waals surface area contributed by atoms with Crippen LogP contribution in [0.2, 0.25) is 0 Å². The highest BCUT2D eigenvalue weighted by Crippen LogP contribution is 2.29. The highest BCUT2D eigenvalue weighted by atomic mass is 79.9. The molecule has 0 amide bonds. The maximum atomic E-state index is 12.1. The Morgan fingerprint density at radius 1 is 1.25 bits per heavy atom. The Bertz CT molecular complexity index is 915. The van der Waals surface area contributed by atoms with E-state index in [1.54, 1.807) is 0 Å². The normalized spacial score (nSPS) is 11.0. The van der Waals surface area contributed by atoms with Crippen molar-refractivity contribution in [2.24, 2.45) is 0 Å². The molecule has 0 bridgehead atoms. The number of aryl methyl sites for hydroxylation is 2. The van der Waals surface area contributed by atoms with Gasteiger partial charge in [-0.25, -0.2) is 4.98 Å². The lowest BCUT2D eigenvalue weighted by molar-refractivity contribution is -0.142. The summed E-state index contributed by atoms with van der Waals surface area (Å²) in [5, 5.41) is 0. The molecule has 0 N–H and O–H groups in total. The molecule has 0 unspecified atom stereocenters. The molecule has 0 saturated carbocycles. The first-order valence-electron chi connectivity index (χ1n) is 7.89. The third kappa shape index (κ3) is 3.22. The number of hydrogen-bond donors (Lipinski definition) is 0. The number of benzene rings is 1. The van der Waals surface area contributed by atoms with Crippen LogP contribution in [0.25, 0.3) is 16.9 Å². The summed E-state index contributed by atoms with van der Waals surface area (Å²) in [7, 11) is 0. The van der Waals surface area contributed by atoms with Crippen LogP contribution in [-0.2, 0) is 16.0 Å². The Hall–Kier alpha value is -2.14. The SMILES string of the molecule is CCOC(=O)Cc1c(-c2ccc(C)c(Br)c2)nc2ccc(C)cn12. The van der Waals surface area contributed by atoms with E-state index in [0.29, 0.717) is 6.61 Å². The number of rotatable bonds is 4. The average Bonchev–Trinajstić information content (AvgIpc) is 2.88. The molecule has 0 radical (unpaired) electrons. The largest absolute Gasteiger partial charge is 0.466 e. The number of ether oxygens (including phenoxy) is 1. The van der Waals surface area contributed by atoms with E-state index in [-0.39, 0.29) is 12.4 Å². The first kappa shape index (κ1) is 16.7. The number of nitrogens with zero attached hydrogens (tertiary/aromatic N) is 2. The van der Waals surface area contributed by atoms with Gasteiger partial charge in [0.1, 0.15) is 5.65 Å². The van der Waals surface area contributed by atoms with E-state index >= 15 is 0 Å². The number of halogens is 1. The van der Waals surface area contributed by atoms with E-state index in [1.807, 2.05) is 61.7 Å². The molecular formula is C19H19BrN2O2. The van der Waals surface area contributed by atoms with Gasteiger partial charge in [-0.3, -0.25) is 4.79 Å². The maximum Gasteiger partial charge on any atom is 0.311 e. The van der Waals surface area contributed by atoms with Gasteiger partial charge in [-0.05, 0) is 44.0 Å². The van der Waals surface area contributed by atoms with Crippen LogP contribution >= 0.6 is 15.9 Å². The minimum absolute atomic E-state index is 0.194. The summed E-state index contributed by atoms with van der Waals surface area (Å²) in [5.41, 5.74) is 5.74. The number of imidazole rings is 1. The van der Waals surface area contributed by atoms with E-state index < -0.39 is 0 Å². The van der Waals surface area contributed by atoms with Gasteiger partial charge in [-0.15, -0.1) is 0 Å². The molecule has 3 rings (SSSR count). The molecule has 24 heavy (non-hydrogen) atoms. The van der Waals surface area contributed by atoms with Gasteiger partial charge in [0.15, 0.2) is 0 Å². The molecule has 3 aromatic rings. The third-order valence-corrected chi connectivity index (χ3v) is 4.78. The Morgan fingerprint density at radius 3 is 2.75 bits per heavy atom. The molecule has 2 heterocycles. The maximum absolute atomic E-state index is 12.1. The molecule has 0 aliphatic heterocycles. The van der Waals surface area contributed by atoms with Crippen LogP contribution in [0.15, 0.2) is 41.0 Å². The number of carbonyl (C=O) groups excluding carboxylic acids is 1. The molecule has 0 aliphatic carbocycles. The quantitative estimate of drug-likeness (QED) is 0.620. The van der Waals surface area contributed by atoms with Crippen molar-refractivity contribution >= 4 is 27.5 Å². The van der Waals surface area contributed by atoms with Crippen LogP contribution in [-0.4, -0.2) is 22.0 Å². The zero-order valence-electron chi connectivity index (χ0n) is 14.0. The summed E-state index contributed by atoms with van der Waals surface area (Å²) in [6.07, 6.45) is 2.20. The van der Waals surface area contributed by atoms with Crippen molar-refractivity contribution in [1.29, 1.82) is 0 Å². The van der Waals surface area contributed by atoms with Gasteiger partial charge >= 0.3 is 5.97 Å². The van der Waals surface area contributed by atoms with Crippen molar-refractivity contribution in [3.8, 4) is 11.3 Å². The minimum Gasteiger partial charge on any atom is -0.466 e.